The number of pyridine rings is 1. The SMILES string of the molecule is O=C1C(=O)N(c2ccccn2)[C@H](c2ccc(Br)cc2)C1=C(O)c1ccccc1. The predicted octanol–water partition coefficient (Wildman–Crippen LogP) is 4.47. The van der Waals surface area contributed by atoms with Crippen molar-refractivity contribution in [2.24, 2.45) is 0 Å². The number of Topliss-reactive ketones (excluding diaryl/α,β-unsaturated/α-hetero) is 1. The van der Waals surface area contributed by atoms with Gasteiger partial charge in [0.1, 0.15) is 11.6 Å². The number of carbonyl (C=O) groups excluding carboxylic acids is 2. The Morgan fingerprint density at radius 3 is 2.25 bits per heavy atom. The van der Waals surface area contributed by atoms with E-state index in [0.717, 1.165) is 4.47 Å². The van der Waals surface area contributed by atoms with Crippen LogP contribution in [0.25, 0.3) is 5.76 Å². The molecule has 28 heavy (non-hydrogen) atoms. The molecule has 1 N–H and O–H groups in total. The molecule has 2 aromatic carbocycles. The Kier molecular flexibility index (Phi) is 4.79. The van der Waals surface area contributed by atoms with Crippen molar-refractivity contribution in [1.29, 1.82) is 0 Å². The molecule has 3 aromatic rings. The molecule has 1 aliphatic heterocycles. The molecule has 1 amide bonds. The second kappa shape index (κ2) is 7.40. The number of rotatable bonds is 3. The van der Waals surface area contributed by atoms with E-state index in [1.54, 1.807) is 48.7 Å². The highest BCUT2D eigenvalue weighted by Gasteiger charge is 2.47. The monoisotopic (exact) mass is 434 g/mol. The maximum atomic E-state index is 12.9. The lowest BCUT2D eigenvalue weighted by molar-refractivity contribution is -0.132. The van der Waals surface area contributed by atoms with Crippen molar-refractivity contribution in [2.75, 3.05) is 4.90 Å². The first-order chi connectivity index (χ1) is 13.6. The van der Waals surface area contributed by atoms with Crippen LogP contribution in [0.1, 0.15) is 17.2 Å². The van der Waals surface area contributed by atoms with Gasteiger partial charge in [-0.2, -0.15) is 0 Å². The Bertz CT molecular complexity index is 1060. The van der Waals surface area contributed by atoms with Crippen molar-refractivity contribution < 1.29 is 14.7 Å². The number of nitrogens with zero attached hydrogens (tertiary/aromatic N) is 2. The zero-order chi connectivity index (χ0) is 19.7. The van der Waals surface area contributed by atoms with Crippen molar-refractivity contribution in [3.05, 3.63) is 100 Å². The Labute approximate surface area is 170 Å². The van der Waals surface area contributed by atoms with Crippen LogP contribution >= 0.6 is 15.9 Å². The molecule has 1 aliphatic rings. The number of hydrogen-bond donors (Lipinski definition) is 1. The topological polar surface area (TPSA) is 70.5 Å². The molecule has 0 aliphatic carbocycles. The molecule has 2 heterocycles. The highest BCUT2D eigenvalue weighted by Crippen LogP contribution is 2.41. The summed E-state index contributed by atoms with van der Waals surface area (Å²) in [6.07, 6.45) is 1.56. The summed E-state index contributed by atoms with van der Waals surface area (Å²) in [5.74, 6) is -1.31. The number of ketones is 1. The number of aromatic nitrogens is 1. The quantitative estimate of drug-likeness (QED) is 0.375. The van der Waals surface area contributed by atoms with Gasteiger partial charge in [0.15, 0.2) is 0 Å². The standard InChI is InChI=1S/C22H15BrN2O3/c23-16-11-9-14(10-12-16)19-18(20(26)15-6-2-1-3-7-15)21(27)22(28)25(19)17-8-4-5-13-24-17/h1-13,19,26H/t19-/m1/s1. The number of halogens is 1. The van der Waals surface area contributed by atoms with Crippen LogP contribution in [-0.2, 0) is 9.59 Å². The first-order valence-corrected chi connectivity index (χ1v) is 9.40. The molecule has 0 bridgehead atoms. The van der Waals surface area contributed by atoms with E-state index in [0.29, 0.717) is 16.9 Å². The van der Waals surface area contributed by atoms with Gasteiger partial charge in [-0.25, -0.2) is 4.98 Å². The number of carbonyl (C=O) groups is 2. The van der Waals surface area contributed by atoms with Gasteiger partial charge in [0.25, 0.3) is 5.78 Å². The summed E-state index contributed by atoms with van der Waals surface area (Å²) in [5.41, 5.74) is 1.22. The number of benzene rings is 2. The molecule has 1 saturated heterocycles. The van der Waals surface area contributed by atoms with E-state index in [2.05, 4.69) is 20.9 Å². The molecule has 0 unspecified atom stereocenters. The zero-order valence-electron chi connectivity index (χ0n) is 14.6. The summed E-state index contributed by atoms with van der Waals surface area (Å²) >= 11 is 3.40. The average molecular weight is 435 g/mol. The van der Waals surface area contributed by atoms with Crippen molar-refractivity contribution >= 4 is 39.2 Å². The van der Waals surface area contributed by atoms with Crippen LogP contribution in [0, 0.1) is 0 Å². The fourth-order valence-corrected chi connectivity index (χ4v) is 3.54. The van der Waals surface area contributed by atoms with Gasteiger partial charge < -0.3 is 5.11 Å². The maximum Gasteiger partial charge on any atom is 0.301 e. The molecule has 1 atom stereocenters. The first kappa shape index (κ1) is 18.1. The summed E-state index contributed by atoms with van der Waals surface area (Å²) < 4.78 is 0.870. The molecule has 1 aromatic heterocycles. The summed E-state index contributed by atoms with van der Waals surface area (Å²) in [6, 6.07) is 20.4. The lowest BCUT2D eigenvalue weighted by Gasteiger charge is -2.24. The molecular weight excluding hydrogens is 420 g/mol. The molecule has 6 heteroatoms. The van der Waals surface area contributed by atoms with Gasteiger partial charge in [0.05, 0.1) is 11.6 Å². The third-order valence-corrected chi connectivity index (χ3v) is 5.10. The van der Waals surface area contributed by atoms with Crippen molar-refractivity contribution in [2.45, 2.75) is 6.04 Å². The lowest BCUT2D eigenvalue weighted by Crippen LogP contribution is -2.30. The molecule has 0 radical (unpaired) electrons. The minimum absolute atomic E-state index is 0.0455. The minimum Gasteiger partial charge on any atom is -0.507 e. The van der Waals surface area contributed by atoms with Crippen LogP contribution in [-0.4, -0.2) is 21.8 Å². The highest BCUT2D eigenvalue weighted by atomic mass is 79.9. The Balaban J connectivity index is 1.95. The summed E-state index contributed by atoms with van der Waals surface area (Å²) in [6.45, 7) is 0. The van der Waals surface area contributed by atoms with E-state index in [-0.39, 0.29) is 11.3 Å². The predicted molar refractivity (Wildman–Crippen MR) is 110 cm³/mol. The second-order valence-electron chi connectivity index (χ2n) is 6.27. The van der Waals surface area contributed by atoms with Gasteiger partial charge in [-0.15, -0.1) is 0 Å². The molecule has 0 spiro atoms. The highest BCUT2D eigenvalue weighted by molar-refractivity contribution is 9.10. The van der Waals surface area contributed by atoms with Crippen LogP contribution in [0.3, 0.4) is 0 Å². The number of anilines is 1. The number of hydrogen-bond acceptors (Lipinski definition) is 4. The van der Waals surface area contributed by atoms with Crippen molar-refractivity contribution in [3.63, 3.8) is 0 Å². The second-order valence-corrected chi connectivity index (χ2v) is 7.19. The van der Waals surface area contributed by atoms with Crippen LogP contribution in [0.2, 0.25) is 0 Å². The largest absolute Gasteiger partial charge is 0.507 e. The first-order valence-electron chi connectivity index (χ1n) is 8.61. The van der Waals surface area contributed by atoms with E-state index in [1.807, 2.05) is 30.3 Å². The van der Waals surface area contributed by atoms with E-state index in [9.17, 15) is 14.7 Å². The van der Waals surface area contributed by atoms with Gasteiger partial charge >= 0.3 is 5.91 Å². The number of amides is 1. The summed E-state index contributed by atoms with van der Waals surface area (Å²) in [4.78, 5) is 31.4. The van der Waals surface area contributed by atoms with Gasteiger partial charge in [0, 0.05) is 16.2 Å². The number of aliphatic hydroxyl groups excluding tert-OH is 1. The normalized spacial score (nSPS) is 18.5. The van der Waals surface area contributed by atoms with E-state index in [1.165, 1.54) is 4.90 Å². The Morgan fingerprint density at radius 1 is 0.929 bits per heavy atom. The molecule has 5 nitrogen and oxygen atoms in total. The van der Waals surface area contributed by atoms with Crippen molar-refractivity contribution in [1.82, 2.24) is 4.98 Å². The van der Waals surface area contributed by atoms with Gasteiger partial charge in [-0.05, 0) is 29.8 Å². The van der Waals surface area contributed by atoms with Crippen molar-refractivity contribution in [3.8, 4) is 0 Å². The lowest BCUT2D eigenvalue weighted by atomic mass is 9.95. The molecule has 1 fully saturated rings. The Hall–Kier alpha value is -3.25. The third kappa shape index (κ3) is 3.12. The molecule has 0 saturated carbocycles. The van der Waals surface area contributed by atoms with E-state index in [4.69, 9.17) is 0 Å². The number of aliphatic hydroxyl groups is 1. The van der Waals surface area contributed by atoms with Gasteiger partial charge in [-0.1, -0.05) is 64.5 Å². The maximum absolute atomic E-state index is 12.9. The van der Waals surface area contributed by atoms with Gasteiger partial charge in [-0.3, -0.25) is 14.5 Å². The van der Waals surface area contributed by atoms with Gasteiger partial charge in [0.2, 0.25) is 0 Å². The van der Waals surface area contributed by atoms with Crippen LogP contribution in [0.4, 0.5) is 5.82 Å². The fourth-order valence-electron chi connectivity index (χ4n) is 3.28. The molecule has 4 rings (SSSR count). The fraction of sp³-hybridized carbons (Fsp3) is 0.0455. The summed E-state index contributed by atoms with van der Waals surface area (Å²) in [5, 5.41) is 10.9. The zero-order valence-corrected chi connectivity index (χ0v) is 16.2. The molecule has 138 valence electrons. The van der Waals surface area contributed by atoms with E-state index < -0.39 is 17.7 Å². The van der Waals surface area contributed by atoms with Crippen LogP contribution < -0.4 is 4.90 Å². The van der Waals surface area contributed by atoms with Crippen LogP contribution in [0.15, 0.2) is 89.0 Å². The summed E-state index contributed by atoms with van der Waals surface area (Å²) in [7, 11) is 0. The Morgan fingerprint density at radius 2 is 1.61 bits per heavy atom. The third-order valence-electron chi connectivity index (χ3n) is 4.57. The van der Waals surface area contributed by atoms with E-state index >= 15 is 0 Å². The average Bonchev–Trinajstić information content (AvgIpc) is 3.00. The van der Waals surface area contributed by atoms with Crippen LogP contribution in [0.5, 0.6) is 0 Å². The minimum atomic E-state index is -0.775. The smallest absolute Gasteiger partial charge is 0.301 e. The molecular formula is C22H15BrN2O3.